The summed E-state index contributed by atoms with van der Waals surface area (Å²) >= 11 is 0. The van der Waals surface area contributed by atoms with Crippen molar-refractivity contribution in [3.8, 4) is 22.8 Å². The Bertz CT molecular complexity index is 1150. The van der Waals surface area contributed by atoms with E-state index in [0.29, 0.717) is 18.2 Å². The third-order valence-electron chi connectivity index (χ3n) is 6.27. The Morgan fingerprint density at radius 3 is 2.90 bits per heavy atom. The number of carboxylic acids is 1. The highest BCUT2D eigenvalue weighted by atomic mass is 16.5. The highest BCUT2D eigenvalue weighted by molar-refractivity contribution is 5.74. The van der Waals surface area contributed by atoms with Crippen molar-refractivity contribution < 1.29 is 19.4 Å². The largest absolute Gasteiger partial charge is 0.492 e. The molecule has 6 nitrogen and oxygen atoms in total. The summed E-state index contributed by atoms with van der Waals surface area (Å²) in [6.45, 7) is 4.54. The zero-order chi connectivity index (χ0) is 21.5. The molecule has 6 heteroatoms. The lowest BCUT2D eigenvalue weighted by molar-refractivity contribution is -0.137. The average molecular weight is 416 g/mol. The van der Waals surface area contributed by atoms with Gasteiger partial charge in [0, 0.05) is 41.2 Å². The number of carboxylic acid groups (broad SMARTS) is 1. The number of benzene rings is 1. The van der Waals surface area contributed by atoms with Gasteiger partial charge in [-0.1, -0.05) is 18.2 Å². The lowest BCUT2D eigenvalue weighted by Crippen LogP contribution is -2.07. The van der Waals surface area contributed by atoms with Crippen LogP contribution in [0.25, 0.3) is 11.1 Å². The van der Waals surface area contributed by atoms with Crippen molar-refractivity contribution in [1.29, 1.82) is 0 Å². The maximum atomic E-state index is 11.0. The van der Waals surface area contributed by atoms with Crippen LogP contribution in [0.2, 0.25) is 0 Å². The van der Waals surface area contributed by atoms with Crippen LogP contribution in [-0.4, -0.2) is 27.7 Å². The number of ether oxygens (including phenoxy) is 2. The molecule has 1 unspecified atom stereocenters. The third-order valence-corrected chi connectivity index (χ3v) is 6.27. The Kier molecular flexibility index (Phi) is 4.85. The first-order valence-corrected chi connectivity index (χ1v) is 10.6. The summed E-state index contributed by atoms with van der Waals surface area (Å²) in [6.07, 6.45) is 5.33. The molecule has 3 heterocycles. The van der Waals surface area contributed by atoms with Gasteiger partial charge in [-0.2, -0.15) is 0 Å². The van der Waals surface area contributed by atoms with Gasteiger partial charge in [0.05, 0.1) is 13.0 Å². The van der Waals surface area contributed by atoms with Crippen molar-refractivity contribution in [2.45, 2.75) is 45.1 Å². The van der Waals surface area contributed by atoms with Crippen LogP contribution >= 0.6 is 0 Å². The molecule has 0 radical (unpaired) electrons. The molecular formula is C25H24N2O4. The number of hydrogen-bond acceptors (Lipinski definition) is 5. The van der Waals surface area contributed by atoms with E-state index in [1.165, 1.54) is 27.8 Å². The summed E-state index contributed by atoms with van der Waals surface area (Å²) in [5, 5.41) is 9.07. The van der Waals surface area contributed by atoms with E-state index < -0.39 is 5.97 Å². The predicted octanol–water partition coefficient (Wildman–Crippen LogP) is 4.78. The van der Waals surface area contributed by atoms with E-state index >= 15 is 0 Å². The number of rotatable bonds is 5. The van der Waals surface area contributed by atoms with Gasteiger partial charge in [0.15, 0.2) is 0 Å². The predicted molar refractivity (Wildman–Crippen MR) is 116 cm³/mol. The zero-order valence-corrected chi connectivity index (χ0v) is 17.6. The SMILES string of the molecule is Cc1ccnc(C)c1-c1cccc2c1CCC2Oc1cc2c(cn1)[C@H](CC(=O)O)CO2. The van der Waals surface area contributed by atoms with Crippen LogP contribution in [0.15, 0.2) is 42.7 Å². The summed E-state index contributed by atoms with van der Waals surface area (Å²) in [4.78, 5) is 20.0. The maximum absolute atomic E-state index is 11.0. The number of nitrogens with zero attached hydrogens (tertiary/aromatic N) is 2. The molecule has 0 saturated carbocycles. The highest BCUT2D eigenvalue weighted by Gasteiger charge is 2.30. The Balaban J connectivity index is 1.42. The average Bonchev–Trinajstić information content (AvgIpc) is 3.32. The first kappa shape index (κ1) is 19.5. The van der Waals surface area contributed by atoms with Crippen molar-refractivity contribution in [1.82, 2.24) is 9.97 Å². The van der Waals surface area contributed by atoms with E-state index in [2.05, 4.69) is 48.1 Å². The molecule has 2 atom stereocenters. The molecule has 0 bridgehead atoms. The second-order valence-electron chi connectivity index (χ2n) is 8.27. The van der Waals surface area contributed by atoms with E-state index in [-0.39, 0.29) is 18.4 Å². The van der Waals surface area contributed by atoms with Crippen LogP contribution in [-0.2, 0) is 11.2 Å². The van der Waals surface area contributed by atoms with Gasteiger partial charge in [0.1, 0.15) is 11.9 Å². The van der Waals surface area contributed by atoms with Gasteiger partial charge in [-0.15, -0.1) is 0 Å². The Hall–Kier alpha value is -3.41. The van der Waals surface area contributed by atoms with Gasteiger partial charge >= 0.3 is 5.97 Å². The fraction of sp³-hybridized carbons (Fsp3) is 0.320. The molecule has 158 valence electrons. The van der Waals surface area contributed by atoms with E-state index in [1.54, 1.807) is 12.3 Å². The Morgan fingerprint density at radius 1 is 1.23 bits per heavy atom. The number of aromatic nitrogens is 2. The van der Waals surface area contributed by atoms with Crippen LogP contribution in [0.1, 0.15) is 52.8 Å². The smallest absolute Gasteiger partial charge is 0.304 e. The second kappa shape index (κ2) is 7.69. The number of aryl methyl sites for hydroxylation is 2. The van der Waals surface area contributed by atoms with Gasteiger partial charge in [-0.3, -0.25) is 9.78 Å². The molecule has 1 aliphatic heterocycles. The first-order chi connectivity index (χ1) is 15.0. The summed E-state index contributed by atoms with van der Waals surface area (Å²) in [7, 11) is 0. The van der Waals surface area contributed by atoms with Crippen LogP contribution in [0.5, 0.6) is 11.6 Å². The van der Waals surface area contributed by atoms with Crippen molar-refractivity contribution in [2.75, 3.05) is 6.61 Å². The van der Waals surface area contributed by atoms with E-state index in [9.17, 15) is 4.79 Å². The number of fused-ring (bicyclic) bond motifs is 2. The minimum Gasteiger partial charge on any atom is -0.492 e. The van der Waals surface area contributed by atoms with Crippen LogP contribution in [0, 0.1) is 13.8 Å². The zero-order valence-electron chi connectivity index (χ0n) is 17.6. The van der Waals surface area contributed by atoms with Gasteiger partial charge in [0.2, 0.25) is 5.88 Å². The van der Waals surface area contributed by atoms with Gasteiger partial charge in [-0.05, 0) is 55.0 Å². The second-order valence-corrected chi connectivity index (χ2v) is 8.27. The fourth-order valence-electron chi connectivity index (χ4n) is 4.81. The van der Waals surface area contributed by atoms with Gasteiger partial charge < -0.3 is 14.6 Å². The molecule has 5 rings (SSSR count). The standard InChI is InChI=1S/C25H24N2O4/c1-14-8-9-26-15(2)25(14)19-5-3-4-18-17(19)6-7-21(18)31-23-11-22-20(12-27-23)16(13-30-22)10-24(28)29/h3-5,8-9,11-12,16,21H,6-7,10,13H2,1-2H3,(H,28,29)/t16-,21?/m1/s1. The van der Waals surface area contributed by atoms with E-state index in [0.717, 1.165) is 24.1 Å². The highest BCUT2D eigenvalue weighted by Crippen LogP contribution is 2.42. The molecule has 1 aliphatic carbocycles. The van der Waals surface area contributed by atoms with Crippen molar-refractivity contribution in [3.05, 3.63) is 70.7 Å². The molecule has 1 aromatic carbocycles. The Morgan fingerprint density at radius 2 is 2.10 bits per heavy atom. The fourth-order valence-corrected chi connectivity index (χ4v) is 4.81. The summed E-state index contributed by atoms with van der Waals surface area (Å²) in [6, 6.07) is 10.2. The number of carbonyl (C=O) groups is 1. The normalized spacial score (nSPS) is 18.9. The quantitative estimate of drug-likeness (QED) is 0.645. The molecular weight excluding hydrogens is 392 g/mol. The van der Waals surface area contributed by atoms with Crippen LogP contribution in [0.3, 0.4) is 0 Å². The summed E-state index contributed by atoms with van der Waals surface area (Å²) in [5.41, 5.74) is 8.02. The van der Waals surface area contributed by atoms with Crippen LogP contribution < -0.4 is 9.47 Å². The van der Waals surface area contributed by atoms with Crippen molar-refractivity contribution >= 4 is 5.97 Å². The molecule has 0 amide bonds. The Labute approximate surface area is 180 Å². The number of hydrogen-bond donors (Lipinski definition) is 1. The van der Waals surface area contributed by atoms with Crippen molar-refractivity contribution in [2.24, 2.45) is 0 Å². The lowest BCUT2D eigenvalue weighted by atomic mass is 9.93. The molecule has 0 spiro atoms. The molecule has 3 aromatic rings. The monoisotopic (exact) mass is 416 g/mol. The number of aliphatic carboxylic acids is 1. The maximum Gasteiger partial charge on any atom is 0.304 e. The minimum absolute atomic E-state index is 0.0425. The van der Waals surface area contributed by atoms with E-state index in [1.807, 2.05) is 6.20 Å². The molecule has 31 heavy (non-hydrogen) atoms. The summed E-state index contributed by atoms with van der Waals surface area (Å²) in [5.74, 6) is 0.186. The molecule has 0 fully saturated rings. The molecule has 0 saturated heterocycles. The van der Waals surface area contributed by atoms with Gasteiger partial charge in [-0.25, -0.2) is 4.98 Å². The lowest BCUT2D eigenvalue weighted by Gasteiger charge is -2.17. The molecule has 2 aliphatic rings. The molecule has 2 aromatic heterocycles. The van der Waals surface area contributed by atoms with Gasteiger partial charge in [0.25, 0.3) is 0 Å². The minimum atomic E-state index is -0.834. The first-order valence-electron chi connectivity index (χ1n) is 10.6. The van der Waals surface area contributed by atoms with Crippen molar-refractivity contribution in [3.63, 3.8) is 0 Å². The van der Waals surface area contributed by atoms with Crippen LogP contribution in [0.4, 0.5) is 0 Å². The molecule has 1 N–H and O–H groups in total. The third kappa shape index (κ3) is 3.52. The summed E-state index contributed by atoms with van der Waals surface area (Å²) < 4.78 is 12.0. The number of pyridine rings is 2. The van der Waals surface area contributed by atoms with E-state index in [4.69, 9.17) is 14.6 Å². The topological polar surface area (TPSA) is 81.5 Å².